The van der Waals surface area contributed by atoms with Crippen LogP contribution in [0.3, 0.4) is 0 Å². The maximum Gasteiger partial charge on any atom is 0.256 e. The molecule has 5 heteroatoms. The van der Waals surface area contributed by atoms with E-state index >= 15 is 0 Å². The van der Waals surface area contributed by atoms with Gasteiger partial charge < -0.3 is 5.32 Å². The zero-order valence-corrected chi connectivity index (χ0v) is 11.7. The van der Waals surface area contributed by atoms with Crippen LogP contribution in [0.15, 0.2) is 47.3 Å². The van der Waals surface area contributed by atoms with Crippen molar-refractivity contribution in [1.29, 1.82) is 0 Å². The van der Waals surface area contributed by atoms with E-state index in [1.165, 1.54) is 11.3 Å². The Kier molecular flexibility index (Phi) is 3.35. The lowest BCUT2D eigenvalue weighted by Gasteiger charge is -2.06. The van der Waals surface area contributed by atoms with Crippen molar-refractivity contribution in [2.45, 2.75) is 6.92 Å². The first-order valence-electron chi connectivity index (χ1n) is 6.18. The van der Waals surface area contributed by atoms with Crippen LogP contribution >= 0.6 is 11.3 Å². The predicted octanol–water partition coefficient (Wildman–Crippen LogP) is 3.70. The summed E-state index contributed by atoms with van der Waals surface area (Å²) in [5, 5.41) is 13.6. The number of carbonyl (C=O) groups is 1. The summed E-state index contributed by atoms with van der Waals surface area (Å²) in [7, 11) is 0. The van der Waals surface area contributed by atoms with E-state index < -0.39 is 0 Å². The van der Waals surface area contributed by atoms with E-state index in [1.807, 2.05) is 48.0 Å². The molecule has 1 aromatic carbocycles. The number of H-pyrrole nitrogens is 1. The highest BCUT2D eigenvalue weighted by Gasteiger charge is 2.10. The van der Waals surface area contributed by atoms with Crippen LogP contribution < -0.4 is 5.32 Å². The van der Waals surface area contributed by atoms with E-state index in [1.54, 1.807) is 6.20 Å². The molecule has 3 rings (SSSR count). The fourth-order valence-corrected chi connectivity index (χ4v) is 2.80. The number of rotatable bonds is 3. The van der Waals surface area contributed by atoms with Crippen molar-refractivity contribution < 1.29 is 4.79 Å². The molecule has 0 aliphatic carbocycles. The SMILES string of the molecule is Cc1cscc1C(=O)Nc1cccc(-c2ccn[nH]2)c1. The predicted molar refractivity (Wildman–Crippen MR) is 81.0 cm³/mol. The molecule has 0 bridgehead atoms. The lowest BCUT2D eigenvalue weighted by atomic mass is 10.1. The molecule has 0 unspecified atom stereocenters. The topological polar surface area (TPSA) is 57.8 Å². The summed E-state index contributed by atoms with van der Waals surface area (Å²) in [6.07, 6.45) is 1.70. The van der Waals surface area contributed by atoms with Gasteiger partial charge in [0.1, 0.15) is 0 Å². The van der Waals surface area contributed by atoms with Gasteiger partial charge in [-0.25, -0.2) is 0 Å². The van der Waals surface area contributed by atoms with Gasteiger partial charge in [-0.1, -0.05) is 12.1 Å². The normalized spacial score (nSPS) is 10.4. The fraction of sp³-hybridized carbons (Fsp3) is 0.0667. The van der Waals surface area contributed by atoms with Crippen molar-refractivity contribution in [3.05, 3.63) is 58.4 Å². The third-order valence-corrected chi connectivity index (χ3v) is 3.89. The second-order valence-electron chi connectivity index (χ2n) is 4.47. The minimum absolute atomic E-state index is 0.0782. The Hall–Kier alpha value is -2.40. The first-order chi connectivity index (χ1) is 9.74. The van der Waals surface area contributed by atoms with Crippen molar-refractivity contribution in [2.24, 2.45) is 0 Å². The minimum Gasteiger partial charge on any atom is -0.322 e. The smallest absolute Gasteiger partial charge is 0.256 e. The van der Waals surface area contributed by atoms with Crippen LogP contribution in [0.2, 0.25) is 0 Å². The number of anilines is 1. The largest absolute Gasteiger partial charge is 0.322 e. The lowest BCUT2D eigenvalue weighted by Crippen LogP contribution is -2.11. The highest BCUT2D eigenvalue weighted by Crippen LogP contribution is 2.21. The molecule has 2 aromatic heterocycles. The first kappa shape index (κ1) is 12.6. The number of amides is 1. The number of aromatic nitrogens is 2. The van der Waals surface area contributed by atoms with Crippen LogP contribution in [0.4, 0.5) is 5.69 Å². The summed E-state index contributed by atoms with van der Waals surface area (Å²) < 4.78 is 0. The van der Waals surface area contributed by atoms with Gasteiger partial charge in [-0.2, -0.15) is 16.4 Å². The molecule has 0 saturated carbocycles. The van der Waals surface area contributed by atoms with Gasteiger partial charge in [-0.3, -0.25) is 9.89 Å². The molecule has 0 radical (unpaired) electrons. The Morgan fingerprint density at radius 1 is 1.30 bits per heavy atom. The van der Waals surface area contributed by atoms with Gasteiger partial charge in [-0.15, -0.1) is 0 Å². The lowest BCUT2D eigenvalue weighted by molar-refractivity contribution is 0.102. The summed E-state index contributed by atoms with van der Waals surface area (Å²) >= 11 is 1.53. The highest BCUT2D eigenvalue weighted by atomic mass is 32.1. The van der Waals surface area contributed by atoms with E-state index in [9.17, 15) is 4.79 Å². The molecule has 2 heterocycles. The number of nitrogens with one attached hydrogen (secondary N) is 2. The molecule has 0 saturated heterocycles. The van der Waals surface area contributed by atoms with Crippen LogP contribution in [0.1, 0.15) is 15.9 Å². The highest BCUT2D eigenvalue weighted by molar-refractivity contribution is 7.08. The minimum atomic E-state index is -0.0782. The van der Waals surface area contributed by atoms with Gasteiger partial charge in [0.25, 0.3) is 5.91 Å². The van der Waals surface area contributed by atoms with Crippen molar-refractivity contribution in [3.63, 3.8) is 0 Å². The van der Waals surface area contributed by atoms with Gasteiger partial charge in [0.05, 0.1) is 11.3 Å². The van der Waals surface area contributed by atoms with Crippen molar-refractivity contribution in [2.75, 3.05) is 5.32 Å². The fourth-order valence-electron chi connectivity index (χ4n) is 1.97. The summed E-state index contributed by atoms with van der Waals surface area (Å²) in [5.74, 6) is -0.0782. The van der Waals surface area contributed by atoms with Crippen molar-refractivity contribution in [1.82, 2.24) is 10.2 Å². The maximum absolute atomic E-state index is 12.2. The number of benzene rings is 1. The average Bonchev–Trinajstić information content (AvgIpc) is 3.09. The molecular weight excluding hydrogens is 270 g/mol. The zero-order chi connectivity index (χ0) is 13.9. The van der Waals surface area contributed by atoms with Crippen LogP contribution in [0.5, 0.6) is 0 Å². The molecule has 0 atom stereocenters. The molecule has 20 heavy (non-hydrogen) atoms. The molecule has 0 fully saturated rings. The van der Waals surface area contributed by atoms with Crippen molar-refractivity contribution >= 4 is 22.9 Å². The van der Waals surface area contributed by atoms with Crippen LogP contribution in [0, 0.1) is 6.92 Å². The van der Waals surface area contributed by atoms with Gasteiger partial charge in [0.15, 0.2) is 0 Å². The summed E-state index contributed by atoms with van der Waals surface area (Å²) in [6.45, 7) is 1.94. The molecule has 1 amide bonds. The quantitative estimate of drug-likeness (QED) is 0.770. The Morgan fingerprint density at radius 3 is 2.90 bits per heavy atom. The number of hydrogen-bond donors (Lipinski definition) is 2. The molecule has 4 nitrogen and oxygen atoms in total. The molecule has 0 aliphatic heterocycles. The summed E-state index contributed by atoms with van der Waals surface area (Å²) in [5.41, 5.74) is 4.40. The van der Waals surface area contributed by atoms with Gasteiger partial charge in [0.2, 0.25) is 0 Å². The van der Waals surface area contributed by atoms with E-state index in [0.717, 1.165) is 28.1 Å². The standard InChI is InChI=1S/C15H13N3OS/c1-10-8-20-9-13(10)15(19)17-12-4-2-3-11(7-12)14-5-6-16-18-14/h2-9H,1H3,(H,16,18)(H,17,19). The van der Waals surface area contributed by atoms with E-state index in [4.69, 9.17) is 0 Å². The zero-order valence-electron chi connectivity index (χ0n) is 10.9. The van der Waals surface area contributed by atoms with Crippen LogP contribution in [-0.2, 0) is 0 Å². The van der Waals surface area contributed by atoms with Gasteiger partial charge in [-0.05, 0) is 36.1 Å². The van der Waals surface area contributed by atoms with Crippen LogP contribution in [0.25, 0.3) is 11.3 Å². The molecule has 3 aromatic rings. The number of nitrogens with zero attached hydrogens (tertiary/aromatic N) is 1. The Morgan fingerprint density at radius 2 is 2.20 bits per heavy atom. The molecule has 2 N–H and O–H groups in total. The third-order valence-electron chi connectivity index (χ3n) is 3.03. The van der Waals surface area contributed by atoms with E-state index in [2.05, 4.69) is 15.5 Å². The van der Waals surface area contributed by atoms with Crippen LogP contribution in [-0.4, -0.2) is 16.1 Å². The molecule has 0 aliphatic rings. The first-order valence-corrected chi connectivity index (χ1v) is 7.12. The monoisotopic (exact) mass is 283 g/mol. The molecule has 100 valence electrons. The number of aromatic amines is 1. The summed E-state index contributed by atoms with van der Waals surface area (Å²) in [4.78, 5) is 12.2. The second kappa shape index (κ2) is 5.30. The average molecular weight is 283 g/mol. The Bertz CT molecular complexity index is 731. The van der Waals surface area contributed by atoms with E-state index in [0.29, 0.717) is 0 Å². The summed E-state index contributed by atoms with van der Waals surface area (Å²) in [6, 6.07) is 9.57. The Balaban J connectivity index is 1.83. The third kappa shape index (κ3) is 2.48. The number of carbonyl (C=O) groups excluding carboxylic acids is 1. The number of thiophene rings is 1. The second-order valence-corrected chi connectivity index (χ2v) is 5.22. The van der Waals surface area contributed by atoms with Gasteiger partial charge >= 0.3 is 0 Å². The van der Waals surface area contributed by atoms with Gasteiger partial charge in [0, 0.05) is 22.8 Å². The maximum atomic E-state index is 12.2. The molecular formula is C15H13N3OS. The van der Waals surface area contributed by atoms with Crippen molar-refractivity contribution in [3.8, 4) is 11.3 Å². The Labute approximate surface area is 120 Å². The molecule has 0 spiro atoms. The number of hydrogen-bond acceptors (Lipinski definition) is 3. The van der Waals surface area contributed by atoms with E-state index in [-0.39, 0.29) is 5.91 Å². The number of aryl methyl sites for hydroxylation is 1.